The van der Waals surface area contributed by atoms with E-state index < -0.39 is 0 Å². The van der Waals surface area contributed by atoms with Crippen molar-refractivity contribution >= 4 is 5.57 Å². The SMILES string of the molecule is C=C(CCC1OCCO1)c1ccccc1. The minimum atomic E-state index is -0.0227. The number of benzene rings is 1. The Bertz CT molecular complexity index is 313. The first-order valence-electron chi connectivity index (χ1n) is 5.32. The minimum absolute atomic E-state index is 0.0227. The standard InChI is InChI=1S/C13H16O2/c1-11(12-5-3-2-4-6-12)7-8-13-14-9-10-15-13/h2-6,13H,1,7-10H2. The van der Waals surface area contributed by atoms with E-state index in [9.17, 15) is 0 Å². The lowest BCUT2D eigenvalue weighted by Gasteiger charge is -2.10. The van der Waals surface area contributed by atoms with Crippen LogP contribution in [0.25, 0.3) is 5.57 Å². The van der Waals surface area contributed by atoms with Crippen molar-refractivity contribution in [3.05, 3.63) is 42.5 Å². The molecule has 1 fully saturated rings. The fourth-order valence-corrected chi connectivity index (χ4v) is 1.68. The Balaban J connectivity index is 1.82. The zero-order valence-electron chi connectivity index (χ0n) is 8.82. The molecule has 0 radical (unpaired) electrons. The molecule has 0 amide bonds. The molecule has 1 saturated heterocycles. The Morgan fingerprint density at radius 3 is 2.53 bits per heavy atom. The van der Waals surface area contributed by atoms with Gasteiger partial charge < -0.3 is 9.47 Å². The molecule has 1 aliphatic rings. The number of rotatable bonds is 4. The summed E-state index contributed by atoms with van der Waals surface area (Å²) >= 11 is 0. The molecule has 0 bridgehead atoms. The summed E-state index contributed by atoms with van der Waals surface area (Å²) in [5.74, 6) is 0. The van der Waals surface area contributed by atoms with Gasteiger partial charge in [0.15, 0.2) is 6.29 Å². The molecule has 2 nitrogen and oxygen atoms in total. The van der Waals surface area contributed by atoms with Crippen LogP contribution in [-0.2, 0) is 9.47 Å². The van der Waals surface area contributed by atoms with Crippen LogP contribution in [0.15, 0.2) is 36.9 Å². The van der Waals surface area contributed by atoms with Gasteiger partial charge in [-0.1, -0.05) is 36.9 Å². The zero-order chi connectivity index (χ0) is 10.5. The number of hydrogen-bond donors (Lipinski definition) is 0. The van der Waals surface area contributed by atoms with Crippen molar-refractivity contribution in [2.24, 2.45) is 0 Å². The van der Waals surface area contributed by atoms with Gasteiger partial charge in [-0.3, -0.25) is 0 Å². The van der Waals surface area contributed by atoms with Gasteiger partial charge in [-0.05, 0) is 17.6 Å². The highest BCUT2D eigenvalue weighted by Gasteiger charge is 2.15. The molecule has 2 heteroatoms. The summed E-state index contributed by atoms with van der Waals surface area (Å²) in [7, 11) is 0. The highest BCUT2D eigenvalue weighted by atomic mass is 16.7. The normalized spacial score (nSPS) is 16.8. The maximum absolute atomic E-state index is 5.38. The topological polar surface area (TPSA) is 18.5 Å². The van der Waals surface area contributed by atoms with E-state index in [-0.39, 0.29) is 6.29 Å². The molecule has 80 valence electrons. The minimum Gasteiger partial charge on any atom is -0.350 e. The summed E-state index contributed by atoms with van der Waals surface area (Å²) in [6.45, 7) is 5.52. The quantitative estimate of drug-likeness (QED) is 0.750. The van der Waals surface area contributed by atoms with Gasteiger partial charge in [0.25, 0.3) is 0 Å². The first-order chi connectivity index (χ1) is 7.36. The number of ether oxygens (including phenoxy) is 2. The van der Waals surface area contributed by atoms with Crippen LogP contribution in [0.1, 0.15) is 18.4 Å². The van der Waals surface area contributed by atoms with E-state index in [2.05, 4.69) is 18.7 Å². The van der Waals surface area contributed by atoms with Crippen molar-refractivity contribution in [1.29, 1.82) is 0 Å². The summed E-state index contributed by atoms with van der Waals surface area (Å²) in [5, 5.41) is 0. The lowest BCUT2D eigenvalue weighted by molar-refractivity contribution is -0.0453. The molecule has 0 aliphatic carbocycles. The molecule has 0 unspecified atom stereocenters. The fourth-order valence-electron chi connectivity index (χ4n) is 1.68. The molecule has 0 saturated carbocycles. The first kappa shape index (κ1) is 10.4. The Morgan fingerprint density at radius 2 is 1.87 bits per heavy atom. The zero-order valence-corrected chi connectivity index (χ0v) is 8.82. The predicted octanol–water partition coefficient (Wildman–Crippen LogP) is 2.85. The molecule has 1 heterocycles. The molecular weight excluding hydrogens is 188 g/mol. The highest BCUT2D eigenvalue weighted by Crippen LogP contribution is 2.20. The third-order valence-electron chi connectivity index (χ3n) is 2.55. The monoisotopic (exact) mass is 204 g/mol. The Kier molecular flexibility index (Phi) is 3.54. The predicted molar refractivity (Wildman–Crippen MR) is 60.4 cm³/mol. The molecular formula is C13H16O2. The maximum atomic E-state index is 5.38. The Hall–Kier alpha value is -1.12. The highest BCUT2D eigenvalue weighted by molar-refractivity contribution is 5.62. The van der Waals surface area contributed by atoms with Crippen LogP contribution in [0.3, 0.4) is 0 Å². The summed E-state index contributed by atoms with van der Waals surface area (Å²) in [5.41, 5.74) is 2.35. The second kappa shape index (κ2) is 5.10. The largest absolute Gasteiger partial charge is 0.350 e. The second-order valence-electron chi connectivity index (χ2n) is 3.68. The van der Waals surface area contributed by atoms with Gasteiger partial charge in [-0.2, -0.15) is 0 Å². The van der Waals surface area contributed by atoms with Crippen LogP contribution in [0.4, 0.5) is 0 Å². The van der Waals surface area contributed by atoms with Crippen molar-refractivity contribution in [3.8, 4) is 0 Å². The van der Waals surface area contributed by atoms with E-state index >= 15 is 0 Å². The van der Waals surface area contributed by atoms with Gasteiger partial charge >= 0.3 is 0 Å². The second-order valence-corrected chi connectivity index (χ2v) is 3.68. The van der Waals surface area contributed by atoms with Gasteiger partial charge in [0.05, 0.1) is 13.2 Å². The smallest absolute Gasteiger partial charge is 0.158 e. The van der Waals surface area contributed by atoms with Gasteiger partial charge in [-0.15, -0.1) is 0 Å². The molecule has 0 atom stereocenters. The van der Waals surface area contributed by atoms with Crippen LogP contribution < -0.4 is 0 Å². The van der Waals surface area contributed by atoms with E-state index in [0.717, 1.165) is 31.6 Å². The van der Waals surface area contributed by atoms with Gasteiger partial charge in [0.2, 0.25) is 0 Å². The number of allylic oxidation sites excluding steroid dienone is 1. The van der Waals surface area contributed by atoms with Crippen LogP contribution in [0.5, 0.6) is 0 Å². The fraction of sp³-hybridized carbons (Fsp3) is 0.385. The van der Waals surface area contributed by atoms with Gasteiger partial charge in [-0.25, -0.2) is 0 Å². The lowest BCUT2D eigenvalue weighted by atomic mass is 10.0. The van der Waals surface area contributed by atoms with Crippen molar-refractivity contribution in [1.82, 2.24) is 0 Å². The van der Waals surface area contributed by atoms with Crippen molar-refractivity contribution in [2.75, 3.05) is 13.2 Å². The third kappa shape index (κ3) is 2.91. The van der Waals surface area contributed by atoms with Crippen LogP contribution >= 0.6 is 0 Å². The number of hydrogen-bond acceptors (Lipinski definition) is 2. The summed E-state index contributed by atoms with van der Waals surface area (Å²) in [4.78, 5) is 0. The van der Waals surface area contributed by atoms with Gasteiger partial charge in [0, 0.05) is 6.42 Å². The van der Waals surface area contributed by atoms with Crippen LogP contribution in [0, 0.1) is 0 Å². The summed E-state index contributed by atoms with van der Waals surface area (Å²) in [6.07, 6.45) is 1.80. The molecule has 1 aromatic rings. The Morgan fingerprint density at radius 1 is 1.20 bits per heavy atom. The first-order valence-corrected chi connectivity index (χ1v) is 5.32. The molecule has 1 aromatic carbocycles. The Labute approximate surface area is 90.5 Å². The van der Waals surface area contributed by atoms with Gasteiger partial charge in [0.1, 0.15) is 0 Å². The molecule has 1 aliphatic heterocycles. The summed E-state index contributed by atoms with van der Waals surface area (Å²) in [6, 6.07) is 10.2. The molecule has 15 heavy (non-hydrogen) atoms. The van der Waals surface area contributed by atoms with Crippen molar-refractivity contribution in [3.63, 3.8) is 0 Å². The van der Waals surface area contributed by atoms with Crippen LogP contribution in [0.2, 0.25) is 0 Å². The maximum Gasteiger partial charge on any atom is 0.158 e. The molecule has 0 spiro atoms. The van der Waals surface area contributed by atoms with Crippen molar-refractivity contribution in [2.45, 2.75) is 19.1 Å². The van der Waals surface area contributed by atoms with Crippen molar-refractivity contribution < 1.29 is 9.47 Å². The molecule has 0 N–H and O–H groups in total. The average Bonchev–Trinajstić information content (AvgIpc) is 2.80. The average molecular weight is 204 g/mol. The van der Waals surface area contributed by atoms with E-state index in [1.54, 1.807) is 0 Å². The van der Waals surface area contributed by atoms with E-state index in [1.807, 2.05) is 18.2 Å². The molecule has 0 aromatic heterocycles. The third-order valence-corrected chi connectivity index (χ3v) is 2.55. The van der Waals surface area contributed by atoms with E-state index in [0.29, 0.717) is 0 Å². The summed E-state index contributed by atoms with van der Waals surface area (Å²) < 4.78 is 10.8. The van der Waals surface area contributed by atoms with Crippen LogP contribution in [-0.4, -0.2) is 19.5 Å². The van der Waals surface area contributed by atoms with E-state index in [4.69, 9.17) is 9.47 Å². The lowest BCUT2D eigenvalue weighted by Crippen LogP contribution is -2.06. The molecule has 2 rings (SSSR count). The van der Waals surface area contributed by atoms with E-state index in [1.165, 1.54) is 5.56 Å².